The van der Waals surface area contributed by atoms with Crippen molar-refractivity contribution < 1.29 is 14.5 Å². The largest absolute Gasteiger partial charge is 0.497 e. The van der Waals surface area contributed by atoms with Gasteiger partial charge in [0.1, 0.15) is 17.3 Å². The van der Waals surface area contributed by atoms with Crippen molar-refractivity contribution in [2.45, 2.75) is 0 Å². The number of para-hydroxylation sites is 2. The van der Waals surface area contributed by atoms with E-state index < -0.39 is 4.92 Å². The van der Waals surface area contributed by atoms with Gasteiger partial charge in [-0.05, 0) is 48.5 Å². The maximum absolute atomic E-state index is 13.2. The number of anilines is 1. The number of rotatable bonds is 5. The van der Waals surface area contributed by atoms with Crippen molar-refractivity contribution >= 4 is 29.2 Å². The van der Waals surface area contributed by atoms with E-state index in [0.29, 0.717) is 22.8 Å². The predicted molar refractivity (Wildman–Crippen MR) is 115 cm³/mol. The van der Waals surface area contributed by atoms with Gasteiger partial charge in [0.05, 0.1) is 23.3 Å². The number of ether oxygens (including phenoxy) is 1. The number of methoxy groups -OCH3 is 1. The molecule has 1 aliphatic heterocycles. The summed E-state index contributed by atoms with van der Waals surface area (Å²) < 4.78 is 5.20. The molecule has 0 aliphatic carbocycles. The molecule has 0 bridgehead atoms. The van der Waals surface area contributed by atoms with Gasteiger partial charge >= 0.3 is 0 Å². The van der Waals surface area contributed by atoms with Crippen LogP contribution in [0, 0.1) is 10.1 Å². The number of nitro benzene ring substituents is 1. The van der Waals surface area contributed by atoms with Gasteiger partial charge in [0.15, 0.2) is 0 Å². The Morgan fingerprint density at radius 2 is 1.63 bits per heavy atom. The molecule has 0 aromatic heterocycles. The Bertz CT molecular complexity index is 1170. The van der Waals surface area contributed by atoms with Crippen molar-refractivity contribution in [3.05, 3.63) is 106 Å². The standard InChI is InChI=1S/C23H17N3O4/c1-30-19-13-11-16(12-14-19)22-24-20(15-17-7-5-6-10-21(17)26(28)29)23(27)25(22)18-8-3-2-4-9-18/h2-15H,1H3/b20-15+. The molecule has 4 rings (SSSR count). The third kappa shape index (κ3) is 3.56. The normalized spacial score (nSPS) is 14.7. The van der Waals surface area contributed by atoms with Crippen LogP contribution in [-0.4, -0.2) is 23.8 Å². The second-order valence-corrected chi connectivity index (χ2v) is 6.49. The fourth-order valence-electron chi connectivity index (χ4n) is 3.19. The number of carbonyl (C=O) groups excluding carboxylic acids is 1. The second-order valence-electron chi connectivity index (χ2n) is 6.49. The fourth-order valence-corrected chi connectivity index (χ4v) is 3.19. The Labute approximate surface area is 172 Å². The van der Waals surface area contributed by atoms with Crippen LogP contribution in [0.5, 0.6) is 5.75 Å². The first kappa shape index (κ1) is 19.1. The van der Waals surface area contributed by atoms with Crippen LogP contribution in [0.2, 0.25) is 0 Å². The highest BCUT2D eigenvalue weighted by Gasteiger charge is 2.32. The van der Waals surface area contributed by atoms with Crippen molar-refractivity contribution in [2.24, 2.45) is 4.99 Å². The lowest BCUT2D eigenvalue weighted by Gasteiger charge is -2.18. The van der Waals surface area contributed by atoms with Crippen LogP contribution in [0.25, 0.3) is 6.08 Å². The number of nitro groups is 1. The SMILES string of the molecule is COc1ccc(C2=N/C(=C/c3ccccc3[N+](=O)[O-])C(=O)N2c2ccccc2)cc1. The monoisotopic (exact) mass is 399 g/mol. The summed E-state index contributed by atoms with van der Waals surface area (Å²) in [5.74, 6) is 0.773. The van der Waals surface area contributed by atoms with E-state index in [2.05, 4.69) is 4.99 Å². The lowest BCUT2D eigenvalue weighted by atomic mass is 10.1. The molecule has 1 amide bonds. The molecule has 0 saturated heterocycles. The first-order chi connectivity index (χ1) is 14.6. The number of carbonyl (C=O) groups is 1. The van der Waals surface area contributed by atoms with Crippen LogP contribution in [0.15, 0.2) is 89.6 Å². The van der Waals surface area contributed by atoms with E-state index in [0.717, 1.165) is 5.56 Å². The molecule has 30 heavy (non-hydrogen) atoms. The number of hydrogen-bond acceptors (Lipinski definition) is 5. The summed E-state index contributed by atoms with van der Waals surface area (Å²) in [6.07, 6.45) is 1.45. The van der Waals surface area contributed by atoms with E-state index >= 15 is 0 Å². The van der Waals surface area contributed by atoms with Crippen molar-refractivity contribution in [3.8, 4) is 5.75 Å². The minimum absolute atomic E-state index is 0.0860. The van der Waals surface area contributed by atoms with Crippen molar-refractivity contribution in [2.75, 3.05) is 12.0 Å². The van der Waals surface area contributed by atoms with Gasteiger partial charge in [0.2, 0.25) is 0 Å². The zero-order valence-electron chi connectivity index (χ0n) is 16.1. The number of hydrogen-bond donors (Lipinski definition) is 0. The molecule has 0 atom stereocenters. The van der Waals surface area contributed by atoms with Crippen LogP contribution in [0.3, 0.4) is 0 Å². The van der Waals surface area contributed by atoms with E-state index in [-0.39, 0.29) is 17.3 Å². The topological polar surface area (TPSA) is 85.0 Å². The van der Waals surface area contributed by atoms with Crippen LogP contribution in [0.1, 0.15) is 11.1 Å². The molecule has 1 heterocycles. The Morgan fingerprint density at radius 3 is 2.30 bits per heavy atom. The minimum atomic E-state index is -0.477. The molecule has 7 heteroatoms. The number of benzene rings is 3. The molecular weight excluding hydrogens is 382 g/mol. The lowest BCUT2D eigenvalue weighted by Crippen LogP contribution is -2.32. The zero-order chi connectivity index (χ0) is 21.1. The summed E-state index contributed by atoms with van der Waals surface area (Å²) in [6.45, 7) is 0. The Morgan fingerprint density at radius 1 is 0.967 bits per heavy atom. The lowest BCUT2D eigenvalue weighted by molar-refractivity contribution is -0.385. The summed E-state index contributed by atoms with van der Waals surface area (Å²) >= 11 is 0. The molecule has 0 radical (unpaired) electrons. The molecule has 148 valence electrons. The Kier molecular flexibility index (Phi) is 5.09. The number of aliphatic imine (C=N–C) groups is 1. The summed E-state index contributed by atoms with van der Waals surface area (Å²) in [7, 11) is 1.58. The zero-order valence-corrected chi connectivity index (χ0v) is 16.1. The summed E-state index contributed by atoms with van der Waals surface area (Å²) in [6, 6.07) is 22.6. The third-order valence-electron chi connectivity index (χ3n) is 4.65. The van der Waals surface area contributed by atoms with Crippen LogP contribution in [0.4, 0.5) is 11.4 Å². The average Bonchev–Trinajstić information content (AvgIpc) is 3.10. The van der Waals surface area contributed by atoms with Crippen molar-refractivity contribution in [3.63, 3.8) is 0 Å². The van der Waals surface area contributed by atoms with Crippen molar-refractivity contribution in [1.82, 2.24) is 0 Å². The van der Waals surface area contributed by atoms with Gasteiger partial charge in [-0.2, -0.15) is 0 Å². The molecule has 3 aromatic rings. The molecule has 3 aromatic carbocycles. The first-order valence-electron chi connectivity index (χ1n) is 9.16. The van der Waals surface area contributed by atoms with E-state index in [1.54, 1.807) is 37.4 Å². The summed E-state index contributed by atoms with van der Waals surface area (Å²) in [5.41, 5.74) is 1.73. The van der Waals surface area contributed by atoms with Crippen molar-refractivity contribution in [1.29, 1.82) is 0 Å². The summed E-state index contributed by atoms with van der Waals surface area (Å²) in [4.78, 5) is 30.2. The van der Waals surface area contributed by atoms with Crippen LogP contribution >= 0.6 is 0 Å². The van der Waals surface area contributed by atoms with Gasteiger partial charge in [-0.3, -0.25) is 19.8 Å². The fraction of sp³-hybridized carbons (Fsp3) is 0.0435. The molecular formula is C23H17N3O4. The third-order valence-corrected chi connectivity index (χ3v) is 4.65. The predicted octanol–water partition coefficient (Wildman–Crippen LogP) is 4.44. The molecule has 0 N–H and O–H groups in total. The maximum atomic E-state index is 13.2. The smallest absolute Gasteiger partial charge is 0.282 e. The molecule has 0 unspecified atom stereocenters. The minimum Gasteiger partial charge on any atom is -0.497 e. The highest BCUT2D eigenvalue weighted by molar-refractivity contribution is 6.33. The van der Waals surface area contributed by atoms with Gasteiger partial charge in [-0.25, -0.2) is 4.99 Å². The number of amides is 1. The molecule has 0 saturated carbocycles. The Hall–Kier alpha value is -4.26. The number of amidine groups is 1. The van der Waals surface area contributed by atoms with Gasteiger partial charge < -0.3 is 4.74 Å². The van der Waals surface area contributed by atoms with Gasteiger partial charge in [0, 0.05) is 11.6 Å². The second kappa shape index (κ2) is 8.00. The van der Waals surface area contributed by atoms with E-state index in [9.17, 15) is 14.9 Å². The molecule has 7 nitrogen and oxygen atoms in total. The van der Waals surface area contributed by atoms with E-state index in [4.69, 9.17) is 4.74 Å². The Balaban J connectivity index is 1.84. The van der Waals surface area contributed by atoms with Gasteiger partial charge in [-0.1, -0.05) is 30.3 Å². The average molecular weight is 399 g/mol. The van der Waals surface area contributed by atoms with Gasteiger partial charge in [-0.15, -0.1) is 0 Å². The van der Waals surface area contributed by atoms with E-state index in [1.807, 2.05) is 42.5 Å². The maximum Gasteiger partial charge on any atom is 0.282 e. The first-order valence-corrected chi connectivity index (χ1v) is 9.16. The van der Waals surface area contributed by atoms with Crippen LogP contribution < -0.4 is 9.64 Å². The number of nitrogens with zero attached hydrogens (tertiary/aromatic N) is 3. The molecule has 1 aliphatic rings. The van der Waals surface area contributed by atoms with E-state index in [1.165, 1.54) is 17.0 Å². The highest BCUT2D eigenvalue weighted by atomic mass is 16.6. The quantitative estimate of drug-likeness (QED) is 0.361. The highest BCUT2D eigenvalue weighted by Crippen LogP contribution is 2.30. The van der Waals surface area contributed by atoms with Crippen LogP contribution in [-0.2, 0) is 4.79 Å². The summed E-state index contributed by atoms with van der Waals surface area (Å²) in [5, 5.41) is 11.3. The molecule has 0 spiro atoms. The molecule has 0 fully saturated rings. The van der Waals surface area contributed by atoms with Gasteiger partial charge in [0.25, 0.3) is 11.6 Å².